The van der Waals surface area contributed by atoms with Crippen LogP contribution in [0.5, 0.6) is 0 Å². The Morgan fingerprint density at radius 3 is 2.41 bits per heavy atom. The van der Waals surface area contributed by atoms with E-state index in [0.717, 1.165) is 38.1 Å². The van der Waals surface area contributed by atoms with Gasteiger partial charge in [0.25, 0.3) is 5.91 Å². The number of amides is 1. The SMILES string of the molecule is O=C(Nc1cc(C(F)(F)F)ccc1N1CCCC1)c1ccc(-c2nn[nH]n2)cc1. The molecule has 0 spiro atoms. The number of aromatic nitrogens is 4. The van der Waals surface area contributed by atoms with Gasteiger partial charge in [-0.15, -0.1) is 10.2 Å². The molecule has 1 aliphatic heterocycles. The number of nitrogens with zero attached hydrogens (tertiary/aromatic N) is 4. The van der Waals surface area contributed by atoms with E-state index in [0.29, 0.717) is 22.6 Å². The molecule has 0 unspecified atom stereocenters. The highest BCUT2D eigenvalue weighted by molar-refractivity contribution is 6.06. The van der Waals surface area contributed by atoms with Crippen molar-refractivity contribution in [3.63, 3.8) is 0 Å². The maximum absolute atomic E-state index is 13.2. The number of tetrazole rings is 1. The van der Waals surface area contributed by atoms with Gasteiger partial charge in [-0.2, -0.15) is 18.4 Å². The molecule has 1 fully saturated rings. The van der Waals surface area contributed by atoms with Crippen LogP contribution in [-0.4, -0.2) is 39.6 Å². The highest BCUT2D eigenvalue weighted by Gasteiger charge is 2.32. The molecule has 0 radical (unpaired) electrons. The second kappa shape index (κ2) is 7.53. The van der Waals surface area contributed by atoms with Crippen molar-refractivity contribution in [2.45, 2.75) is 19.0 Å². The molecule has 0 saturated carbocycles. The van der Waals surface area contributed by atoms with Crippen LogP contribution in [-0.2, 0) is 6.18 Å². The monoisotopic (exact) mass is 402 g/mol. The second-order valence-corrected chi connectivity index (χ2v) is 6.69. The lowest BCUT2D eigenvalue weighted by atomic mass is 10.1. The minimum atomic E-state index is -4.49. The number of alkyl halides is 3. The first-order chi connectivity index (χ1) is 13.9. The number of halogens is 3. The lowest BCUT2D eigenvalue weighted by Gasteiger charge is -2.23. The van der Waals surface area contributed by atoms with Gasteiger partial charge in [0.1, 0.15) is 0 Å². The molecule has 1 amide bonds. The Hall–Kier alpha value is -3.43. The summed E-state index contributed by atoms with van der Waals surface area (Å²) in [6.45, 7) is 1.49. The number of hydrogen-bond donors (Lipinski definition) is 2. The first kappa shape index (κ1) is 18.9. The largest absolute Gasteiger partial charge is 0.416 e. The van der Waals surface area contributed by atoms with E-state index in [1.165, 1.54) is 6.07 Å². The van der Waals surface area contributed by atoms with Crippen LogP contribution in [0.2, 0.25) is 0 Å². The number of anilines is 2. The Morgan fingerprint density at radius 1 is 1.07 bits per heavy atom. The summed E-state index contributed by atoms with van der Waals surface area (Å²) < 4.78 is 39.5. The van der Waals surface area contributed by atoms with Crippen LogP contribution in [0.15, 0.2) is 42.5 Å². The summed E-state index contributed by atoms with van der Waals surface area (Å²) in [4.78, 5) is 14.7. The smallest absolute Gasteiger partial charge is 0.370 e. The van der Waals surface area contributed by atoms with E-state index in [4.69, 9.17) is 0 Å². The molecule has 4 rings (SSSR count). The molecule has 0 bridgehead atoms. The molecule has 7 nitrogen and oxygen atoms in total. The molecule has 1 aliphatic rings. The summed E-state index contributed by atoms with van der Waals surface area (Å²) in [5.74, 6) is -0.115. The molecule has 2 N–H and O–H groups in total. The quantitative estimate of drug-likeness (QED) is 0.694. The van der Waals surface area contributed by atoms with Crippen LogP contribution in [0.4, 0.5) is 24.5 Å². The van der Waals surface area contributed by atoms with Crippen molar-refractivity contribution in [1.29, 1.82) is 0 Å². The summed E-state index contributed by atoms with van der Waals surface area (Å²) in [5.41, 5.74) is 0.901. The van der Waals surface area contributed by atoms with Gasteiger partial charge >= 0.3 is 6.18 Å². The zero-order chi connectivity index (χ0) is 20.4. The fourth-order valence-corrected chi connectivity index (χ4v) is 3.30. The van der Waals surface area contributed by atoms with Gasteiger partial charge in [0.15, 0.2) is 0 Å². The van der Waals surface area contributed by atoms with Gasteiger partial charge in [-0.05, 0) is 48.4 Å². The normalized spacial score (nSPS) is 14.2. The van der Waals surface area contributed by atoms with E-state index in [9.17, 15) is 18.0 Å². The summed E-state index contributed by atoms with van der Waals surface area (Å²) >= 11 is 0. The van der Waals surface area contributed by atoms with Crippen molar-refractivity contribution in [2.75, 3.05) is 23.3 Å². The first-order valence-corrected chi connectivity index (χ1v) is 9.03. The van der Waals surface area contributed by atoms with E-state index in [1.54, 1.807) is 24.3 Å². The molecule has 1 aromatic heterocycles. The summed E-state index contributed by atoms with van der Waals surface area (Å²) in [5, 5.41) is 16.2. The third-order valence-electron chi connectivity index (χ3n) is 4.77. The minimum absolute atomic E-state index is 0.147. The van der Waals surface area contributed by atoms with Crippen LogP contribution < -0.4 is 10.2 Å². The van der Waals surface area contributed by atoms with Crippen molar-refractivity contribution >= 4 is 17.3 Å². The number of benzene rings is 2. The predicted molar refractivity (Wildman–Crippen MR) is 100 cm³/mol. The zero-order valence-electron chi connectivity index (χ0n) is 15.2. The van der Waals surface area contributed by atoms with Gasteiger partial charge in [0.2, 0.25) is 5.82 Å². The fourth-order valence-electron chi connectivity index (χ4n) is 3.30. The van der Waals surface area contributed by atoms with Crippen LogP contribution >= 0.6 is 0 Å². The van der Waals surface area contributed by atoms with Crippen LogP contribution in [0.25, 0.3) is 11.4 Å². The van der Waals surface area contributed by atoms with E-state index >= 15 is 0 Å². The Kier molecular flexibility index (Phi) is 4.91. The summed E-state index contributed by atoms with van der Waals surface area (Å²) in [6, 6.07) is 9.86. The standard InChI is InChI=1S/C19H17F3N6O/c20-19(21,22)14-7-8-16(28-9-1-2-10-28)15(11-14)23-18(29)13-5-3-12(4-6-13)17-24-26-27-25-17/h3-8,11H,1-2,9-10H2,(H,23,29)(H,24,25,26,27). The van der Waals surface area contributed by atoms with Gasteiger partial charge in [0, 0.05) is 24.2 Å². The van der Waals surface area contributed by atoms with Gasteiger partial charge in [0.05, 0.1) is 16.9 Å². The van der Waals surface area contributed by atoms with Crippen molar-refractivity contribution in [3.8, 4) is 11.4 Å². The fraction of sp³-hybridized carbons (Fsp3) is 0.263. The second-order valence-electron chi connectivity index (χ2n) is 6.69. The van der Waals surface area contributed by atoms with Crippen LogP contribution in [0, 0.1) is 0 Å². The molecule has 2 aromatic carbocycles. The first-order valence-electron chi connectivity index (χ1n) is 9.03. The molecule has 1 saturated heterocycles. The molecule has 3 aromatic rings. The van der Waals surface area contributed by atoms with Gasteiger partial charge < -0.3 is 10.2 Å². The molecule has 150 valence electrons. The summed E-state index contributed by atoms with van der Waals surface area (Å²) in [6.07, 6.45) is -2.56. The minimum Gasteiger partial charge on any atom is -0.370 e. The average molecular weight is 402 g/mol. The number of H-pyrrole nitrogens is 1. The van der Waals surface area contributed by atoms with E-state index < -0.39 is 17.6 Å². The van der Waals surface area contributed by atoms with Crippen LogP contribution in [0.1, 0.15) is 28.8 Å². The third kappa shape index (κ3) is 4.05. The van der Waals surface area contributed by atoms with Gasteiger partial charge in [-0.1, -0.05) is 12.1 Å². The molecule has 0 atom stereocenters. The molecule has 0 aliphatic carbocycles. The van der Waals surface area contributed by atoms with E-state index in [1.807, 2.05) is 4.90 Å². The maximum Gasteiger partial charge on any atom is 0.416 e. The summed E-state index contributed by atoms with van der Waals surface area (Å²) in [7, 11) is 0. The van der Waals surface area contributed by atoms with Crippen molar-refractivity contribution < 1.29 is 18.0 Å². The number of carbonyl (C=O) groups excluding carboxylic acids is 1. The predicted octanol–water partition coefficient (Wildman–Crippen LogP) is 3.74. The number of aromatic amines is 1. The van der Waals surface area contributed by atoms with Crippen molar-refractivity contribution in [2.24, 2.45) is 0 Å². The van der Waals surface area contributed by atoms with Crippen molar-refractivity contribution in [3.05, 3.63) is 53.6 Å². The van der Waals surface area contributed by atoms with Crippen LogP contribution in [0.3, 0.4) is 0 Å². The highest BCUT2D eigenvalue weighted by Crippen LogP contribution is 2.36. The number of hydrogen-bond acceptors (Lipinski definition) is 5. The Morgan fingerprint density at radius 2 is 1.79 bits per heavy atom. The third-order valence-corrected chi connectivity index (χ3v) is 4.77. The number of rotatable bonds is 4. The molecule has 2 heterocycles. The molecular weight excluding hydrogens is 385 g/mol. The number of nitrogens with one attached hydrogen (secondary N) is 2. The maximum atomic E-state index is 13.2. The Labute approximate surface area is 163 Å². The molecular formula is C19H17F3N6O. The zero-order valence-corrected chi connectivity index (χ0v) is 15.2. The lowest BCUT2D eigenvalue weighted by molar-refractivity contribution is -0.137. The lowest BCUT2D eigenvalue weighted by Crippen LogP contribution is -2.22. The molecule has 10 heteroatoms. The van der Waals surface area contributed by atoms with Gasteiger partial charge in [-0.25, -0.2) is 0 Å². The van der Waals surface area contributed by atoms with Gasteiger partial charge in [-0.3, -0.25) is 4.79 Å². The van der Waals surface area contributed by atoms with E-state index in [-0.39, 0.29) is 5.69 Å². The topological polar surface area (TPSA) is 86.8 Å². The molecule has 29 heavy (non-hydrogen) atoms. The Balaban J connectivity index is 1.60. The highest BCUT2D eigenvalue weighted by atomic mass is 19.4. The van der Waals surface area contributed by atoms with Crippen molar-refractivity contribution in [1.82, 2.24) is 20.6 Å². The Bertz CT molecular complexity index is 996. The average Bonchev–Trinajstić information content (AvgIpc) is 3.41. The number of carbonyl (C=O) groups is 1. The van der Waals surface area contributed by atoms with E-state index in [2.05, 4.69) is 25.9 Å².